The Balaban J connectivity index is 5.14. The van der Waals surface area contributed by atoms with Crippen LogP contribution in [0.5, 0.6) is 0 Å². The first-order valence-corrected chi connectivity index (χ1v) is 8.88. The van der Waals surface area contributed by atoms with E-state index in [0.717, 1.165) is 32.1 Å². The molecule has 0 aliphatic carbocycles. The number of aliphatic hydroxyl groups is 4. The molecule has 25 heavy (non-hydrogen) atoms. The molecule has 0 rings (SSSR count). The van der Waals surface area contributed by atoms with Gasteiger partial charge < -0.3 is 29.9 Å². The van der Waals surface area contributed by atoms with E-state index in [2.05, 4.69) is 0 Å². The second-order valence-corrected chi connectivity index (χ2v) is 6.10. The third kappa shape index (κ3) is 11.1. The van der Waals surface area contributed by atoms with Crippen molar-refractivity contribution in [3.05, 3.63) is 0 Å². The van der Waals surface area contributed by atoms with Gasteiger partial charge in [0.2, 0.25) is 0 Å². The van der Waals surface area contributed by atoms with Crippen molar-refractivity contribution in [2.75, 3.05) is 13.2 Å². The average Bonchev–Trinajstić information content (AvgIpc) is 2.55. The summed E-state index contributed by atoms with van der Waals surface area (Å²) in [7, 11) is 0. The van der Waals surface area contributed by atoms with Crippen molar-refractivity contribution in [1.82, 2.24) is 0 Å². The van der Waals surface area contributed by atoms with E-state index in [-0.39, 0.29) is 5.92 Å². The normalized spacial score (nSPS) is 12.7. The van der Waals surface area contributed by atoms with Crippen LogP contribution in [0.2, 0.25) is 0 Å². The topological polar surface area (TPSA) is 134 Å². The third-order valence-electron chi connectivity index (χ3n) is 3.84. The standard InChI is InChI=1S/C17H32O8/c1-3-5-7-9-12(8-6-4-2)15(16(22)24-10-13(18)19)17(23)25-11-14(20)21/h12-15,18-21H,3-11H2,1-2H3/t12-/m0/s1. The summed E-state index contributed by atoms with van der Waals surface area (Å²) >= 11 is 0. The van der Waals surface area contributed by atoms with E-state index in [4.69, 9.17) is 29.9 Å². The lowest BCUT2D eigenvalue weighted by Gasteiger charge is -2.25. The van der Waals surface area contributed by atoms with Gasteiger partial charge in [-0.05, 0) is 18.8 Å². The largest absolute Gasteiger partial charge is 0.460 e. The maximum atomic E-state index is 12.3. The lowest BCUT2D eigenvalue weighted by Crippen LogP contribution is -2.37. The smallest absolute Gasteiger partial charge is 0.320 e. The van der Waals surface area contributed by atoms with Gasteiger partial charge in [0.15, 0.2) is 18.5 Å². The molecule has 0 radical (unpaired) electrons. The van der Waals surface area contributed by atoms with E-state index >= 15 is 0 Å². The van der Waals surface area contributed by atoms with Crippen molar-refractivity contribution in [3.63, 3.8) is 0 Å². The predicted octanol–water partition coefficient (Wildman–Crippen LogP) is 0.697. The molecule has 0 spiro atoms. The number of ether oxygens (including phenoxy) is 2. The quantitative estimate of drug-likeness (QED) is 0.153. The minimum absolute atomic E-state index is 0.307. The number of carbonyl (C=O) groups excluding carboxylic acids is 2. The highest BCUT2D eigenvalue weighted by Crippen LogP contribution is 2.27. The van der Waals surface area contributed by atoms with Crippen LogP contribution < -0.4 is 0 Å². The number of aliphatic hydroxyl groups excluding tert-OH is 2. The Morgan fingerprint density at radius 1 is 0.760 bits per heavy atom. The number of hydrogen-bond donors (Lipinski definition) is 4. The number of unbranched alkanes of at least 4 members (excludes halogenated alkanes) is 3. The molecule has 0 aliphatic rings. The lowest BCUT2D eigenvalue weighted by atomic mass is 9.83. The van der Waals surface area contributed by atoms with Crippen molar-refractivity contribution in [3.8, 4) is 0 Å². The fourth-order valence-electron chi connectivity index (χ4n) is 2.57. The Morgan fingerprint density at radius 3 is 1.60 bits per heavy atom. The molecule has 0 aliphatic heterocycles. The van der Waals surface area contributed by atoms with Crippen LogP contribution in [0, 0.1) is 11.8 Å². The molecule has 0 aromatic carbocycles. The first-order valence-electron chi connectivity index (χ1n) is 8.88. The van der Waals surface area contributed by atoms with Crippen LogP contribution in [-0.2, 0) is 19.1 Å². The maximum Gasteiger partial charge on any atom is 0.320 e. The molecule has 0 bridgehead atoms. The molecular formula is C17H32O8. The van der Waals surface area contributed by atoms with Gasteiger partial charge in [0.1, 0.15) is 13.2 Å². The van der Waals surface area contributed by atoms with E-state index in [1.54, 1.807) is 0 Å². The molecule has 148 valence electrons. The summed E-state index contributed by atoms with van der Waals surface area (Å²) in [6.45, 7) is 2.77. The first-order chi connectivity index (χ1) is 11.8. The number of hydrogen-bond acceptors (Lipinski definition) is 8. The molecule has 0 aromatic rings. The average molecular weight is 364 g/mol. The molecule has 8 nitrogen and oxygen atoms in total. The van der Waals surface area contributed by atoms with Crippen molar-refractivity contribution < 1.29 is 39.5 Å². The van der Waals surface area contributed by atoms with Crippen molar-refractivity contribution in [2.45, 2.75) is 71.4 Å². The van der Waals surface area contributed by atoms with Crippen molar-refractivity contribution in [1.29, 1.82) is 0 Å². The molecule has 0 heterocycles. The van der Waals surface area contributed by atoms with Gasteiger partial charge in [-0.3, -0.25) is 9.59 Å². The van der Waals surface area contributed by atoms with E-state index in [9.17, 15) is 9.59 Å². The summed E-state index contributed by atoms with van der Waals surface area (Å²) < 4.78 is 9.59. The summed E-state index contributed by atoms with van der Waals surface area (Å²) in [5.74, 6) is -3.30. The summed E-state index contributed by atoms with van der Waals surface area (Å²) in [6.07, 6.45) is 2.11. The summed E-state index contributed by atoms with van der Waals surface area (Å²) in [6, 6.07) is 0. The number of carbonyl (C=O) groups is 2. The second-order valence-electron chi connectivity index (χ2n) is 6.10. The fourth-order valence-corrected chi connectivity index (χ4v) is 2.57. The van der Waals surface area contributed by atoms with Gasteiger partial charge in [-0.25, -0.2) is 0 Å². The lowest BCUT2D eigenvalue weighted by molar-refractivity contribution is -0.177. The van der Waals surface area contributed by atoms with Crippen LogP contribution in [-0.4, -0.2) is 58.2 Å². The Bertz CT molecular complexity index is 346. The van der Waals surface area contributed by atoms with E-state index in [1.807, 2.05) is 13.8 Å². The fraction of sp³-hybridized carbons (Fsp3) is 0.882. The van der Waals surface area contributed by atoms with Crippen LogP contribution in [0.1, 0.15) is 58.8 Å². The minimum atomic E-state index is -1.82. The molecule has 0 unspecified atom stereocenters. The van der Waals surface area contributed by atoms with Gasteiger partial charge >= 0.3 is 11.9 Å². The zero-order valence-electron chi connectivity index (χ0n) is 15.1. The Labute approximate surface area is 148 Å². The highest BCUT2D eigenvalue weighted by molar-refractivity contribution is 5.95. The monoisotopic (exact) mass is 364 g/mol. The van der Waals surface area contributed by atoms with Crippen LogP contribution in [0.3, 0.4) is 0 Å². The zero-order valence-corrected chi connectivity index (χ0v) is 15.1. The van der Waals surface area contributed by atoms with Gasteiger partial charge in [-0.1, -0.05) is 46.0 Å². The number of rotatable bonds is 14. The van der Waals surface area contributed by atoms with Crippen LogP contribution >= 0.6 is 0 Å². The van der Waals surface area contributed by atoms with Gasteiger partial charge in [0.05, 0.1) is 0 Å². The second kappa shape index (κ2) is 14.0. The Morgan fingerprint density at radius 2 is 1.20 bits per heavy atom. The summed E-state index contributed by atoms with van der Waals surface area (Å²) in [5.41, 5.74) is 0. The van der Waals surface area contributed by atoms with Gasteiger partial charge in [-0.2, -0.15) is 0 Å². The first kappa shape index (κ1) is 23.8. The molecular weight excluding hydrogens is 332 g/mol. The Hall–Kier alpha value is -1.22. The van der Waals surface area contributed by atoms with Gasteiger partial charge in [0, 0.05) is 0 Å². The van der Waals surface area contributed by atoms with Gasteiger partial charge in [0.25, 0.3) is 0 Å². The summed E-state index contributed by atoms with van der Waals surface area (Å²) in [4.78, 5) is 24.6. The molecule has 0 saturated heterocycles. The zero-order chi connectivity index (χ0) is 19.2. The maximum absolute atomic E-state index is 12.3. The van der Waals surface area contributed by atoms with Crippen LogP contribution in [0.15, 0.2) is 0 Å². The third-order valence-corrected chi connectivity index (χ3v) is 3.84. The molecule has 0 amide bonds. The molecule has 0 saturated carbocycles. The summed E-state index contributed by atoms with van der Waals surface area (Å²) in [5, 5.41) is 35.4. The van der Waals surface area contributed by atoms with Crippen LogP contribution in [0.4, 0.5) is 0 Å². The molecule has 0 aromatic heterocycles. The SMILES string of the molecule is CCCCC[C@H](CCCC)C(C(=O)OCC(O)O)C(=O)OCC(O)O. The molecule has 0 fully saturated rings. The molecule has 4 N–H and O–H groups in total. The predicted molar refractivity (Wildman–Crippen MR) is 89.0 cm³/mol. The van der Waals surface area contributed by atoms with E-state index < -0.39 is 43.7 Å². The minimum Gasteiger partial charge on any atom is -0.460 e. The van der Waals surface area contributed by atoms with E-state index in [1.165, 1.54) is 0 Å². The van der Waals surface area contributed by atoms with E-state index in [0.29, 0.717) is 12.8 Å². The molecule has 8 heteroatoms. The molecule has 1 atom stereocenters. The van der Waals surface area contributed by atoms with Crippen molar-refractivity contribution in [2.24, 2.45) is 11.8 Å². The van der Waals surface area contributed by atoms with Crippen LogP contribution in [0.25, 0.3) is 0 Å². The van der Waals surface area contributed by atoms with Crippen molar-refractivity contribution >= 4 is 11.9 Å². The highest BCUT2D eigenvalue weighted by Gasteiger charge is 2.37. The highest BCUT2D eigenvalue weighted by atomic mass is 16.6. The Kier molecular flexibility index (Phi) is 13.3. The number of esters is 2. The van der Waals surface area contributed by atoms with Gasteiger partial charge in [-0.15, -0.1) is 0 Å².